The lowest BCUT2D eigenvalue weighted by atomic mass is 10.2. The first-order valence-corrected chi connectivity index (χ1v) is 4.06. The van der Waals surface area contributed by atoms with Gasteiger partial charge in [-0.05, 0) is 6.92 Å². The lowest BCUT2D eigenvalue weighted by Crippen LogP contribution is -1.95. The molecule has 0 fully saturated rings. The van der Waals surface area contributed by atoms with Crippen LogP contribution >= 0.6 is 0 Å². The highest BCUT2D eigenvalue weighted by Crippen LogP contribution is 2.22. The summed E-state index contributed by atoms with van der Waals surface area (Å²) in [5, 5.41) is 0. The largest absolute Gasteiger partial charge is 0.346 e. The zero-order chi connectivity index (χ0) is 8.39. The Labute approximate surface area is 71.9 Å². The SMILES string of the molecule is CC1=NC(c2ccccc2)OC1. The molecule has 1 atom stereocenters. The number of benzene rings is 1. The predicted octanol–water partition coefficient (Wildman–Crippen LogP) is 2.18. The van der Waals surface area contributed by atoms with Crippen LogP contribution in [0.25, 0.3) is 0 Å². The van der Waals surface area contributed by atoms with Gasteiger partial charge in [-0.25, -0.2) is 0 Å². The second kappa shape index (κ2) is 3.07. The molecule has 12 heavy (non-hydrogen) atoms. The van der Waals surface area contributed by atoms with Crippen LogP contribution in [0.3, 0.4) is 0 Å². The molecule has 2 rings (SSSR count). The van der Waals surface area contributed by atoms with E-state index in [0.29, 0.717) is 6.61 Å². The number of nitrogens with zero attached hydrogens (tertiary/aromatic N) is 1. The summed E-state index contributed by atoms with van der Waals surface area (Å²) in [7, 11) is 0. The summed E-state index contributed by atoms with van der Waals surface area (Å²) in [5.74, 6) is 0. The lowest BCUT2D eigenvalue weighted by Gasteiger charge is -2.05. The van der Waals surface area contributed by atoms with E-state index >= 15 is 0 Å². The molecule has 0 radical (unpaired) electrons. The van der Waals surface area contributed by atoms with Gasteiger partial charge < -0.3 is 4.74 Å². The highest BCUT2D eigenvalue weighted by Gasteiger charge is 2.15. The Balaban J connectivity index is 2.22. The van der Waals surface area contributed by atoms with Crippen molar-refractivity contribution in [3.05, 3.63) is 35.9 Å². The standard InChI is InChI=1S/C10H11NO/c1-8-7-12-10(11-8)9-5-3-2-4-6-9/h2-6,10H,7H2,1H3. The monoisotopic (exact) mass is 161 g/mol. The zero-order valence-corrected chi connectivity index (χ0v) is 7.03. The third-order valence-corrected chi connectivity index (χ3v) is 1.87. The van der Waals surface area contributed by atoms with E-state index in [9.17, 15) is 0 Å². The van der Waals surface area contributed by atoms with E-state index in [0.717, 1.165) is 11.3 Å². The van der Waals surface area contributed by atoms with E-state index < -0.39 is 0 Å². The number of aliphatic imine (C=N–C) groups is 1. The Hall–Kier alpha value is -1.15. The van der Waals surface area contributed by atoms with E-state index in [4.69, 9.17) is 4.74 Å². The third kappa shape index (κ3) is 1.38. The van der Waals surface area contributed by atoms with Crippen molar-refractivity contribution in [3.8, 4) is 0 Å². The minimum absolute atomic E-state index is 0.0637. The molecule has 1 unspecified atom stereocenters. The molecule has 0 aliphatic carbocycles. The maximum atomic E-state index is 5.45. The summed E-state index contributed by atoms with van der Waals surface area (Å²) < 4.78 is 5.45. The molecule has 1 aromatic rings. The van der Waals surface area contributed by atoms with Gasteiger partial charge in [-0.1, -0.05) is 30.3 Å². The van der Waals surface area contributed by atoms with Crippen LogP contribution in [0.15, 0.2) is 35.3 Å². The van der Waals surface area contributed by atoms with Crippen molar-refractivity contribution in [1.29, 1.82) is 0 Å². The van der Waals surface area contributed by atoms with Crippen LogP contribution in [-0.4, -0.2) is 12.3 Å². The van der Waals surface area contributed by atoms with Gasteiger partial charge in [0.05, 0.1) is 6.61 Å². The molecule has 0 aromatic heterocycles. The smallest absolute Gasteiger partial charge is 0.174 e. The molecule has 1 aromatic carbocycles. The maximum absolute atomic E-state index is 5.45. The molecule has 1 aliphatic heterocycles. The Morgan fingerprint density at radius 1 is 1.33 bits per heavy atom. The van der Waals surface area contributed by atoms with Gasteiger partial charge in [0.15, 0.2) is 6.23 Å². The summed E-state index contributed by atoms with van der Waals surface area (Å²) in [4.78, 5) is 4.35. The van der Waals surface area contributed by atoms with E-state index in [-0.39, 0.29) is 6.23 Å². The number of hydrogen-bond acceptors (Lipinski definition) is 2. The average molecular weight is 161 g/mol. The topological polar surface area (TPSA) is 21.6 Å². The van der Waals surface area contributed by atoms with Gasteiger partial charge in [-0.3, -0.25) is 4.99 Å². The van der Waals surface area contributed by atoms with Gasteiger partial charge in [0, 0.05) is 11.3 Å². The molecule has 62 valence electrons. The highest BCUT2D eigenvalue weighted by molar-refractivity contribution is 5.84. The zero-order valence-electron chi connectivity index (χ0n) is 7.03. The van der Waals surface area contributed by atoms with Gasteiger partial charge in [0.1, 0.15) is 0 Å². The van der Waals surface area contributed by atoms with E-state index in [1.165, 1.54) is 0 Å². The average Bonchev–Trinajstić information content (AvgIpc) is 2.54. The van der Waals surface area contributed by atoms with Crippen molar-refractivity contribution in [2.45, 2.75) is 13.2 Å². The van der Waals surface area contributed by atoms with Crippen LogP contribution < -0.4 is 0 Å². The summed E-state index contributed by atoms with van der Waals surface area (Å²) in [6.07, 6.45) is -0.0637. The first-order chi connectivity index (χ1) is 5.86. The van der Waals surface area contributed by atoms with E-state index in [1.807, 2.05) is 37.3 Å². The Kier molecular flexibility index (Phi) is 1.92. The molecular formula is C10H11NO. The Morgan fingerprint density at radius 3 is 2.67 bits per heavy atom. The van der Waals surface area contributed by atoms with E-state index in [2.05, 4.69) is 4.99 Å². The lowest BCUT2D eigenvalue weighted by molar-refractivity contribution is 0.110. The van der Waals surface area contributed by atoms with E-state index in [1.54, 1.807) is 0 Å². The van der Waals surface area contributed by atoms with Crippen LogP contribution in [-0.2, 0) is 4.74 Å². The van der Waals surface area contributed by atoms with Gasteiger partial charge in [-0.2, -0.15) is 0 Å². The minimum atomic E-state index is -0.0637. The van der Waals surface area contributed by atoms with Crippen molar-refractivity contribution in [1.82, 2.24) is 0 Å². The van der Waals surface area contributed by atoms with Gasteiger partial charge >= 0.3 is 0 Å². The first kappa shape index (κ1) is 7.50. The summed E-state index contributed by atoms with van der Waals surface area (Å²) in [6.45, 7) is 2.66. The molecule has 0 amide bonds. The fourth-order valence-corrected chi connectivity index (χ4v) is 1.26. The normalized spacial score (nSPS) is 22.4. The fraction of sp³-hybridized carbons (Fsp3) is 0.300. The molecule has 0 spiro atoms. The minimum Gasteiger partial charge on any atom is -0.346 e. The summed E-state index contributed by atoms with van der Waals surface area (Å²) >= 11 is 0. The highest BCUT2D eigenvalue weighted by atomic mass is 16.5. The van der Waals surface area contributed by atoms with Gasteiger partial charge in [0.25, 0.3) is 0 Å². The molecule has 0 N–H and O–H groups in total. The molecular weight excluding hydrogens is 150 g/mol. The second-order valence-corrected chi connectivity index (χ2v) is 2.94. The molecule has 2 nitrogen and oxygen atoms in total. The van der Waals surface area contributed by atoms with Gasteiger partial charge in [-0.15, -0.1) is 0 Å². The number of rotatable bonds is 1. The molecule has 0 saturated heterocycles. The quantitative estimate of drug-likeness (QED) is 0.618. The molecule has 1 aliphatic rings. The van der Waals surface area contributed by atoms with Gasteiger partial charge in [0.2, 0.25) is 0 Å². The maximum Gasteiger partial charge on any atom is 0.174 e. The third-order valence-electron chi connectivity index (χ3n) is 1.87. The number of ether oxygens (including phenoxy) is 1. The summed E-state index contributed by atoms with van der Waals surface area (Å²) in [5.41, 5.74) is 2.21. The van der Waals surface area contributed by atoms with Crippen molar-refractivity contribution < 1.29 is 4.74 Å². The van der Waals surface area contributed by atoms with Crippen molar-refractivity contribution >= 4 is 5.71 Å². The molecule has 1 heterocycles. The van der Waals surface area contributed by atoms with Crippen LogP contribution in [0.1, 0.15) is 18.7 Å². The Bertz CT molecular complexity index is 292. The van der Waals surface area contributed by atoms with Crippen molar-refractivity contribution in [2.75, 3.05) is 6.61 Å². The van der Waals surface area contributed by atoms with Crippen LogP contribution in [0.4, 0.5) is 0 Å². The predicted molar refractivity (Wildman–Crippen MR) is 48.2 cm³/mol. The fourth-order valence-electron chi connectivity index (χ4n) is 1.26. The van der Waals surface area contributed by atoms with Crippen molar-refractivity contribution in [2.24, 2.45) is 4.99 Å². The number of hydrogen-bond donors (Lipinski definition) is 0. The molecule has 0 bridgehead atoms. The first-order valence-electron chi connectivity index (χ1n) is 4.06. The van der Waals surface area contributed by atoms with Crippen LogP contribution in [0.2, 0.25) is 0 Å². The molecule has 0 saturated carbocycles. The summed E-state index contributed by atoms with van der Waals surface area (Å²) in [6, 6.07) is 10.1. The Morgan fingerprint density at radius 2 is 2.08 bits per heavy atom. The van der Waals surface area contributed by atoms with Crippen LogP contribution in [0.5, 0.6) is 0 Å². The second-order valence-electron chi connectivity index (χ2n) is 2.94. The molecule has 2 heteroatoms. The van der Waals surface area contributed by atoms with Crippen LogP contribution in [0, 0.1) is 0 Å². The van der Waals surface area contributed by atoms with Crippen molar-refractivity contribution in [3.63, 3.8) is 0 Å².